The Morgan fingerprint density at radius 2 is 2.05 bits per heavy atom. The molecule has 0 aliphatic rings. The minimum Gasteiger partial charge on any atom is -0.481 e. The van der Waals surface area contributed by atoms with Crippen LogP contribution < -0.4 is 10.1 Å². The predicted octanol–water partition coefficient (Wildman–Crippen LogP) is 2.71. The van der Waals surface area contributed by atoms with Crippen molar-refractivity contribution in [3.05, 3.63) is 34.8 Å². The number of amides is 1. The second-order valence-corrected chi connectivity index (χ2v) is 5.61. The molecule has 1 unspecified atom stereocenters. The zero-order valence-corrected chi connectivity index (χ0v) is 13.2. The Labute approximate surface area is 132 Å². The van der Waals surface area contributed by atoms with Crippen LogP contribution in [-0.2, 0) is 11.2 Å². The van der Waals surface area contributed by atoms with Crippen molar-refractivity contribution in [2.45, 2.75) is 32.8 Å². The van der Waals surface area contributed by atoms with Crippen LogP contribution in [0.25, 0.3) is 0 Å². The van der Waals surface area contributed by atoms with Gasteiger partial charge in [-0.1, -0.05) is 25.2 Å². The zero-order valence-electron chi connectivity index (χ0n) is 12.4. The molecule has 0 aliphatic heterocycles. The minimum atomic E-state index is -0.629. The Morgan fingerprint density at radius 1 is 1.32 bits per heavy atom. The second kappa shape index (κ2) is 7.65. The van der Waals surface area contributed by atoms with Gasteiger partial charge in [-0.3, -0.25) is 14.9 Å². The first-order valence-electron chi connectivity index (χ1n) is 7.01. The Kier molecular flexibility index (Phi) is 5.60. The topological polar surface area (TPSA) is 81.2 Å². The highest BCUT2D eigenvalue weighted by Gasteiger charge is 2.20. The van der Waals surface area contributed by atoms with Crippen molar-refractivity contribution >= 4 is 28.7 Å². The molecule has 22 heavy (non-hydrogen) atoms. The number of ether oxygens (including phenoxy) is 1. The SMILES string of the molecule is CCc1nnc(NC(=O)C(CC)Oc2ccc(C=O)cc2)s1. The fourth-order valence-corrected chi connectivity index (χ4v) is 2.43. The molecule has 0 aliphatic carbocycles. The van der Waals surface area contributed by atoms with Crippen molar-refractivity contribution in [1.82, 2.24) is 10.2 Å². The summed E-state index contributed by atoms with van der Waals surface area (Å²) in [5.41, 5.74) is 0.561. The minimum absolute atomic E-state index is 0.263. The number of nitrogens with zero attached hydrogens (tertiary/aromatic N) is 2. The molecule has 2 rings (SSSR count). The molecule has 1 heterocycles. The maximum Gasteiger partial charge on any atom is 0.267 e. The summed E-state index contributed by atoms with van der Waals surface area (Å²) in [4.78, 5) is 22.8. The summed E-state index contributed by atoms with van der Waals surface area (Å²) in [6.45, 7) is 3.84. The number of aryl methyl sites for hydroxylation is 1. The Bertz CT molecular complexity index is 640. The van der Waals surface area contributed by atoms with E-state index in [0.717, 1.165) is 17.7 Å². The number of anilines is 1. The largest absolute Gasteiger partial charge is 0.481 e. The van der Waals surface area contributed by atoms with Crippen molar-refractivity contribution in [3.8, 4) is 5.75 Å². The standard InChI is InChI=1S/C15H17N3O3S/c1-3-12(21-11-7-5-10(9-19)6-8-11)14(20)16-15-18-17-13(4-2)22-15/h5-9,12H,3-4H2,1-2H3,(H,16,18,20). The molecule has 6 nitrogen and oxygen atoms in total. The molecule has 1 amide bonds. The van der Waals surface area contributed by atoms with Crippen LogP contribution in [0.3, 0.4) is 0 Å². The summed E-state index contributed by atoms with van der Waals surface area (Å²) in [6, 6.07) is 6.62. The normalized spacial score (nSPS) is 11.7. The highest BCUT2D eigenvalue weighted by molar-refractivity contribution is 7.15. The second-order valence-electron chi connectivity index (χ2n) is 4.55. The molecular formula is C15H17N3O3S. The molecule has 1 N–H and O–H groups in total. The number of aromatic nitrogens is 2. The number of benzene rings is 1. The van der Waals surface area contributed by atoms with Gasteiger partial charge in [-0.05, 0) is 37.1 Å². The lowest BCUT2D eigenvalue weighted by Crippen LogP contribution is -2.32. The van der Waals surface area contributed by atoms with Gasteiger partial charge < -0.3 is 4.74 Å². The zero-order chi connectivity index (χ0) is 15.9. The third-order valence-corrected chi connectivity index (χ3v) is 3.94. The first kappa shape index (κ1) is 16.1. The molecule has 1 aromatic heterocycles. The van der Waals surface area contributed by atoms with E-state index < -0.39 is 6.10 Å². The Hall–Kier alpha value is -2.28. The molecule has 0 spiro atoms. The van der Waals surface area contributed by atoms with E-state index >= 15 is 0 Å². The van der Waals surface area contributed by atoms with Gasteiger partial charge in [0.25, 0.3) is 5.91 Å². The highest BCUT2D eigenvalue weighted by Crippen LogP contribution is 2.18. The van der Waals surface area contributed by atoms with Gasteiger partial charge in [-0.2, -0.15) is 0 Å². The van der Waals surface area contributed by atoms with Crippen molar-refractivity contribution in [2.75, 3.05) is 5.32 Å². The van der Waals surface area contributed by atoms with Gasteiger partial charge in [0.15, 0.2) is 6.10 Å². The first-order valence-corrected chi connectivity index (χ1v) is 7.83. The molecule has 0 fully saturated rings. The maximum absolute atomic E-state index is 12.2. The summed E-state index contributed by atoms with van der Waals surface area (Å²) in [5.74, 6) is 0.278. The van der Waals surface area contributed by atoms with Gasteiger partial charge in [0.1, 0.15) is 17.0 Å². The molecule has 1 atom stereocenters. The number of aldehydes is 1. The third-order valence-electron chi connectivity index (χ3n) is 2.96. The van der Waals surface area contributed by atoms with E-state index in [2.05, 4.69) is 15.5 Å². The van der Waals surface area contributed by atoms with E-state index in [9.17, 15) is 9.59 Å². The van der Waals surface area contributed by atoms with E-state index in [-0.39, 0.29) is 5.91 Å². The van der Waals surface area contributed by atoms with Gasteiger partial charge in [-0.15, -0.1) is 10.2 Å². The van der Waals surface area contributed by atoms with E-state index in [0.29, 0.717) is 22.9 Å². The first-order chi connectivity index (χ1) is 10.7. The van der Waals surface area contributed by atoms with Crippen LogP contribution in [0.2, 0.25) is 0 Å². The average molecular weight is 319 g/mol. The number of carbonyl (C=O) groups excluding carboxylic acids is 2. The van der Waals surface area contributed by atoms with Crippen LogP contribution in [0.4, 0.5) is 5.13 Å². The summed E-state index contributed by atoms with van der Waals surface area (Å²) in [7, 11) is 0. The molecule has 0 radical (unpaired) electrons. The monoisotopic (exact) mass is 319 g/mol. The number of rotatable bonds is 7. The number of nitrogens with one attached hydrogen (secondary N) is 1. The summed E-state index contributed by atoms with van der Waals surface area (Å²) in [6.07, 6.45) is 1.43. The van der Waals surface area contributed by atoms with E-state index in [1.807, 2.05) is 13.8 Å². The average Bonchev–Trinajstić information content (AvgIpc) is 3.00. The quantitative estimate of drug-likeness (QED) is 0.794. The fraction of sp³-hybridized carbons (Fsp3) is 0.333. The van der Waals surface area contributed by atoms with Crippen molar-refractivity contribution in [3.63, 3.8) is 0 Å². The third kappa shape index (κ3) is 4.11. The lowest BCUT2D eigenvalue weighted by atomic mass is 10.2. The Morgan fingerprint density at radius 3 is 2.59 bits per heavy atom. The van der Waals surface area contributed by atoms with Gasteiger partial charge in [-0.25, -0.2) is 0 Å². The van der Waals surface area contributed by atoms with Crippen LogP contribution in [-0.4, -0.2) is 28.5 Å². The lowest BCUT2D eigenvalue weighted by Gasteiger charge is -2.16. The van der Waals surface area contributed by atoms with Crippen LogP contribution in [0, 0.1) is 0 Å². The van der Waals surface area contributed by atoms with Crippen LogP contribution in [0.1, 0.15) is 35.6 Å². The molecule has 116 valence electrons. The molecular weight excluding hydrogens is 302 g/mol. The van der Waals surface area contributed by atoms with E-state index in [4.69, 9.17) is 4.74 Å². The predicted molar refractivity (Wildman–Crippen MR) is 84.5 cm³/mol. The van der Waals surface area contributed by atoms with Crippen LogP contribution in [0.5, 0.6) is 5.75 Å². The highest BCUT2D eigenvalue weighted by atomic mass is 32.1. The van der Waals surface area contributed by atoms with Gasteiger partial charge >= 0.3 is 0 Å². The van der Waals surface area contributed by atoms with Crippen LogP contribution >= 0.6 is 11.3 Å². The summed E-state index contributed by atoms with van der Waals surface area (Å²) < 4.78 is 5.66. The summed E-state index contributed by atoms with van der Waals surface area (Å²) in [5, 5.41) is 11.9. The molecule has 1 aromatic carbocycles. The van der Waals surface area contributed by atoms with E-state index in [1.165, 1.54) is 11.3 Å². The lowest BCUT2D eigenvalue weighted by molar-refractivity contribution is -0.122. The van der Waals surface area contributed by atoms with Gasteiger partial charge in [0.2, 0.25) is 5.13 Å². The number of hydrogen-bond acceptors (Lipinski definition) is 6. The summed E-state index contributed by atoms with van der Waals surface area (Å²) >= 11 is 1.35. The Balaban J connectivity index is 1.99. The smallest absolute Gasteiger partial charge is 0.267 e. The maximum atomic E-state index is 12.2. The molecule has 7 heteroatoms. The van der Waals surface area contributed by atoms with Crippen molar-refractivity contribution < 1.29 is 14.3 Å². The van der Waals surface area contributed by atoms with Gasteiger partial charge in [0.05, 0.1) is 0 Å². The van der Waals surface area contributed by atoms with Crippen molar-refractivity contribution in [1.29, 1.82) is 0 Å². The molecule has 0 bridgehead atoms. The molecule has 2 aromatic rings. The van der Waals surface area contributed by atoms with Crippen molar-refractivity contribution in [2.24, 2.45) is 0 Å². The number of hydrogen-bond donors (Lipinski definition) is 1. The molecule has 0 saturated carbocycles. The van der Waals surface area contributed by atoms with Gasteiger partial charge in [0, 0.05) is 5.56 Å². The van der Waals surface area contributed by atoms with Crippen LogP contribution in [0.15, 0.2) is 24.3 Å². The fourth-order valence-electron chi connectivity index (χ4n) is 1.74. The molecule has 0 saturated heterocycles. The number of carbonyl (C=O) groups is 2. The van der Waals surface area contributed by atoms with E-state index in [1.54, 1.807) is 24.3 Å².